The van der Waals surface area contributed by atoms with Gasteiger partial charge < -0.3 is 5.32 Å². The molecule has 0 saturated heterocycles. The highest BCUT2D eigenvalue weighted by Gasteiger charge is 2.08. The Morgan fingerprint density at radius 1 is 1.11 bits per heavy atom. The van der Waals surface area contributed by atoms with Gasteiger partial charge in [-0.25, -0.2) is 0 Å². The normalized spacial score (nSPS) is 10.5. The van der Waals surface area contributed by atoms with Gasteiger partial charge in [-0.3, -0.25) is 9.78 Å². The van der Waals surface area contributed by atoms with Crippen molar-refractivity contribution < 1.29 is 4.79 Å². The highest BCUT2D eigenvalue weighted by Crippen LogP contribution is 2.19. The van der Waals surface area contributed by atoms with E-state index in [1.807, 2.05) is 32.0 Å². The minimum Gasteiger partial charge on any atom is -0.350 e. The molecule has 0 radical (unpaired) electrons. The quantitative estimate of drug-likeness (QED) is 0.914. The van der Waals surface area contributed by atoms with Crippen LogP contribution in [0.25, 0.3) is 11.1 Å². The zero-order valence-corrected chi connectivity index (χ0v) is 11.5. The van der Waals surface area contributed by atoms with Crippen LogP contribution in [0.5, 0.6) is 0 Å². The maximum Gasteiger partial charge on any atom is 0.253 e. The third-order valence-electron chi connectivity index (χ3n) is 2.81. The molecule has 1 amide bonds. The Kier molecular flexibility index (Phi) is 3.95. The summed E-state index contributed by atoms with van der Waals surface area (Å²) in [4.78, 5) is 16.1. The SMILES string of the molecule is Cc1ccc(-c2cncc(C(=O)NC(C)C)c2)cc1. The Morgan fingerprint density at radius 2 is 1.79 bits per heavy atom. The standard InChI is InChI=1S/C16H18N2O/c1-11(2)18-16(19)15-8-14(9-17-10-15)13-6-4-12(3)5-7-13/h4-11H,1-3H3,(H,18,19). The maximum atomic E-state index is 11.9. The van der Waals surface area contributed by atoms with Crippen LogP contribution in [0.15, 0.2) is 42.7 Å². The van der Waals surface area contributed by atoms with E-state index in [-0.39, 0.29) is 11.9 Å². The molecule has 0 aliphatic heterocycles. The Morgan fingerprint density at radius 3 is 2.42 bits per heavy atom. The molecular formula is C16H18N2O. The number of amides is 1. The van der Waals surface area contributed by atoms with Crippen LogP contribution in [0.2, 0.25) is 0 Å². The molecule has 3 nitrogen and oxygen atoms in total. The fourth-order valence-electron chi connectivity index (χ4n) is 1.81. The molecule has 0 unspecified atom stereocenters. The van der Waals surface area contributed by atoms with Gasteiger partial charge in [-0.2, -0.15) is 0 Å². The average molecular weight is 254 g/mol. The Labute approximate surface area is 113 Å². The molecule has 0 atom stereocenters. The second-order valence-corrected chi connectivity index (χ2v) is 4.96. The molecule has 0 bridgehead atoms. The van der Waals surface area contributed by atoms with E-state index in [1.54, 1.807) is 12.4 Å². The van der Waals surface area contributed by atoms with Gasteiger partial charge >= 0.3 is 0 Å². The zero-order valence-electron chi connectivity index (χ0n) is 11.5. The summed E-state index contributed by atoms with van der Waals surface area (Å²) < 4.78 is 0. The second-order valence-electron chi connectivity index (χ2n) is 4.96. The van der Waals surface area contributed by atoms with Crippen molar-refractivity contribution in [3.05, 3.63) is 53.9 Å². The fraction of sp³-hybridized carbons (Fsp3) is 0.250. The van der Waals surface area contributed by atoms with Crippen molar-refractivity contribution in [2.24, 2.45) is 0 Å². The molecule has 2 rings (SSSR count). The molecule has 2 aromatic rings. The largest absolute Gasteiger partial charge is 0.350 e. The van der Waals surface area contributed by atoms with Crippen molar-refractivity contribution in [3.63, 3.8) is 0 Å². The van der Waals surface area contributed by atoms with Gasteiger partial charge in [-0.1, -0.05) is 29.8 Å². The van der Waals surface area contributed by atoms with Gasteiger partial charge in [-0.15, -0.1) is 0 Å². The third kappa shape index (κ3) is 3.41. The minimum atomic E-state index is -0.0866. The van der Waals surface area contributed by atoms with E-state index in [9.17, 15) is 4.79 Å². The molecule has 0 aliphatic carbocycles. The minimum absolute atomic E-state index is 0.0866. The second kappa shape index (κ2) is 5.65. The number of pyridine rings is 1. The van der Waals surface area contributed by atoms with Gasteiger partial charge in [0.25, 0.3) is 5.91 Å². The molecule has 1 heterocycles. The number of aryl methyl sites for hydroxylation is 1. The van der Waals surface area contributed by atoms with Crippen LogP contribution in [-0.4, -0.2) is 16.9 Å². The first kappa shape index (κ1) is 13.3. The summed E-state index contributed by atoms with van der Waals surface area (Å²) in [5.74, 6) is -0.0866. The van der Waals surface area contributed by atoms with Crippen molar-refractivity contribution in [1.82, 2.24) is 10.3 Å². The highest BCUT2D eigenvalue weighted by molar-refractivity contribution is 5.95. The van der Waals surface area contributed by atoms with E-state index < -0.39 is 0 Å². The van der Waals surface area contributed by atoms with Crippen molar-refractivity contribution in [3.8, 4) is 11.1 Å². The first-order chi connectivity index (χ1) is 9.06. The Hall–Kier alpha value is -2.16. The van der Waals surface area contributed by atoms with E-state index in [1.165, 1.54) is 5.56 Å². The lowest BCUT2D eigenvalue weighted by molar-refractivity contribution is 0.0943. The van der Waals surface area contributed by atoms with E-state index in [0.717, 1.165) is 11.1 Å². The molecule has 0 aliphatic rings. The van der Waals surface area contributed by atoms with Gasteiger partial charge in [0.2, 0.25) is 0 Å². The van der Waals surface area contributed by atoms with Crippen LogP contribution in [0, 0.1) is 6.92 Å². The molecule has 1 aromatic carbocycles. The third-order valence-corrected chi connectivity index (χ3v) is 2.81. The van der Waals surface area contributed by atoms with Crippen LogP contribution in [0.1, 0.15) is 29.8 Å². The van der Waals surface area contributed by atoms with E-state index in [0.29, 0.717) is 5.56 Å². The van der Waals surface area contributed by atoms with E-state index >= 15 is 0 Å². The lowest BCUT2D eigenvalue weighted by Crippen LogP contribution is -2.30. The van der Waals surface area contributed by atoms with E-state index in [4.69, 9.17) is 0 Å². The maximum absolute atomic E-state index is 11.9. The molecular weight excluding hydrogens is 236 g/mol. The molecule has 1 aromatic heterocycles. The van der Waals surface area contributed by atoms with Gasteiger partial charge in [0.05, 0.1) is 5.56 Å². The number of aromatic nitrogens is 1. The molecule has 1 N–H and O–H groups in total. The van der Waals surface area contributed by atoms with Crippen molar-refractivity contribution in [2.75, 3.05) is 0 Å². The number of carbonyl (C=O) groups excluding carboxylic acids is 1. The first-order valence-corrected chi connectivity index (χ1v) is 6.39. The number of nitrogens with one attached hydrogen (secondary N) is 1. The zero-order chi connectivity index (χ0) is 13.8. The van der Waals surface area contributed by atoms with Crippen LogP contribution >= 0.6 is 0 Å². The number of nitrogens with zero attached hydrogens (tertiary/aromatic N) is 1. The highest BCUT2D eigenvalue weighted by atomic mass is 16.1. The number of benzene rings is 1. The van der Waals surface area contributed by atoms with E-state index in [2.05, 4.69) is 29.4 Å². The molecule has 0 saturated carbocycles. The smallest absolute Gasteiger partial charge is 0.253 e. The van der Waals surface area contributed by atoms with Crippen LogP contribution in [0.4, 0.5) is 0 Å². The molecule has 98 valence electrons. The average Bonchev–Trinajstić information content (AvgIpc) is 2.39. The Bertz CT molecular complexity index is 574. The molecule has 0 fully saturated rings. The molecule has 19 heavy (non-hydrogen) atoms. The predicted octanol–water partition coefficient (Wildman–Crippen LogP) is 3.20. The summed E-state index contributed by atoms with van der Waals surface area (Å²) in [6.07, 6.45) is 3.37. The number of carbonyl (C=O) groups is 1. The summed E-state index contributed by atoms with van der Waals surface area (Å²) in [6, 6.07) is 10.2. The number of hydrogen-bond acceptors (Lipinski definition) is 2. The lowest BCUT2D eigenvalue weighted by atomic mass is 10.0. The van der Waals surface area contributed by atoms with Gasteiger partial charge in [0.15, 0.2) is 0 Å². The summed E-state index contributed by atoms with van der Waals surface area (Å²) >= 11 is 0. The Balaban J connectivity index is 2.29. The number of hydrogen-bond donors (Lipinski definition) is 1. The van der Waals surface area contributed by atoms with Crippen LogP contribution in [0.3, 0.4) is 0 Å². The molecule has 0 spiro atoms. The van der Waals surface area contributed by atoms with Crippen molar-refractivity contribution >= 4 is 5.91 Å². The summed E-state index contributed by atoms with van der Waals surface area (Å²) in [5.41, 5.74) is 3.82. The monoisotopic (exact) mass is 254 g/mol. The number of rotatable bonds is 3. The van der Waals surface area contributed by atoms with Crippen LogP contribution in [-0.2, 0) is 0 Å². The first-order valence-electron chi connectivity index (χ1n) is 6.39. The summed E-state index contributed by atoms with van der Waals surface area (Å²) in [7, 11) is 0. The lowest BCUT2D eigenvalue weighted by Gasteiger charge is -2.09. The molecule has 3 heteroatoms. The summed E-state index contributed by atoms with van der Waals surface area (Å²) in [6.45, 7) is 5.93. The van der Waals surface area contributed by atoms with Crippen LogP contribution < -0.4 is 5.32 Å². The van der Waals surface area contributed by atoms with Crippen molar-refractivity contribution in [2.45, 2.75) is 26.8 Å². The fourth-order valence-corrected chi connectivity index (χ4v) is 1.81. The van der Waals surface area contributed by atoms with Gasteiger partial charge in [0, 0.05) is 24.0 Å². The topological polar surface area (TPSA) is 42.0 Å². The van der Waals surface area contributed by atoms with Crippen molar-refractivity contribution in [1.29, 1.82) is 0 Å². The van der Waals surface area contributed by atoms with Gasteiger partial charge in [-0.05, 0) is 32.4 Å². The predicted molar refractivity (Wildman–Crippen MR) is 77.0 cm³/mol. The summed E-state index contributed by atoms with van der Waals surface area (Å²) in [5, 5.41) is 2.87. The van der Waals surface area contributed by atoms with Gasteiger partial charge in [0.1, 0.15) is 0 Å².